The lowest BCUT2D eigenvalue weighted by Crippen LogP contribution is -2.46. The van der Waals surface area contributed by atoms with E-state index in [9.17, 15) is 20.0 Å². The minimum Gasteiger partial charge on any atom is -0.504 e. The largest absolute Gasteiger partial charge is 0.504 e. The fourth-order valence-corrected chi connectivity index (χ4v) is 3.53. The van der Waals surface area contributed by atoms with Gasteiger partial charge in [0.2, 0.25) is 5.75 Å². The number of nitrogens with zero attached hydrogens (tertiary/aromatic N) is 1. The van der Waals surface area contributed by atoms with Gasteiger partial charge in [0.25, 0.3) is 5.91 Å². The molecular formula is C20H20N4O5S. The molecule has 1 atom stereocenters. The number of amides is 1. The molecule has 2 aromatic rings. The van der Waals surface area contributed by atoms with Crippen molar-refractivity contribution in [1.29, 1.82) is 0 Å². The molecule has 1 heterocycles. The highest BCUT2D eigenvalue weighted by Crippen LogP contribution is 2.43. The van der Waals surface area contributed by atoms with Crippen LogP contribution in [0.1, 0.15) is 24.1 Å². The van der Waals surface area contributed by atoms with Crippen LogP contribution in [0.3, 0.4) is 0 Å². The van der Waals surface area contributed by atoms with Crippen LogP contribution in [0.4, 0.5) is 11.4 Å². The highest BCUT2D eigenvalue weighted by atomic mass is 32.1. The second-order valence-corrected chi connectivity index (χ2v) is 7.11. The van der Waals surface area contributed by atoms with Crippen molar-refractivity contribution in [2.75, 3.05) is 12.4 Å². The maximum atomic E-state index is 13.1. The normalized spacial score (nSPS) is 15.8. The lowest BCUT2D eigenvalue weighted by Gasteiger charge is -2.30. The fraction of sp³-hybridized carbons (Fsp3) is 0.200. The Hall–Kier alpha value is -3.66. The minimum absolute atomic E-state index is 0.131. The number of carbonyl (C=O) groups is 1. The van der Waals surface area contributed by atoms with Crippen LogP contribution in [0.5, 0.6) is 11.5 Å². The van der Waals surface area contributed by atoms with Gasteiger partial charge in [-0.25, -0.2) is 0 Å². The summed E-state index contributed by atoms with van der Waals surface area (Å²) in [5, 5.41) is 30.6. The molecule has 1 aliphatic rings. The maximum absolute atomic E-state index is 13.1. The number of nitrogens with one attached hydrogen (secondary N) is 3. The van der Waals surface area contributed by atoms with E-state index in [1.165, 1.54) is 19.2 Å². The van der Waals surface area contributed by atoms with E-state index in [0.29, 0.717) is 11.4 Å². The summed E-state index contributed by atoms with van der Waals surface area (Å²) >= 11 is 5.20. The molecule has 156 valence electrons. The van der Waals surface area contributed by atoms with E-state index in [4.69, 9.17) is 17.0 Å². The van der Waals surface area contributed by atoms with Gasteiger partial charge in [0, 0.05) is 11.4 Å². The van der Waals surface area contributed by atoms with E-state index >= 15 is 0 Å². The first-order chi connectivity index (χ1) is 14.2. The Kier molecular flexibility index (Phi) is 5.88. The number of hydrogen-bond acceptors (Lipinski definition) is 6. The number of aromatic hydroxyl groups is 1. The van der Waals surface area contributed by atoms with E-state index in [-0.39, 0.29) is 27.7 Å². The van der Waals surface area contributed by atoms with Crippen LogP contribution in [0.2, 0.25) is 0 Å². The number of thiocarbonyl (C=S) groups is 1. The molecule has 0 unspecified atom stereocenters. The van der Waals surface area contributed by atoms with Gasteiger partial charge in [-0.05, 0) is 50.3 Å². The van der Waals surface area contributed by atoms with Gasteiger partial charge >= 0.3 is 5.69 Å². The Bertz CT molecular complexity index is 1070. The molecule has 30 heavy (non-hydrogen) atoms. The molecule has 0 aliphatic carbocycles. The molecule has 0 aromatic heterocycles. The van der Waals surface area contributed by atoms with E-state index in [1.54, 1.807) is 19.1 Å². The second-order valence-electron chi connectivity index (χ2n) is 6.70. The smallest absolute Gasteiger partial charge is 0.320 e. The molecular weight excluding hydrogens is 408 g/mol. The van der Waals surface area contributed by atoms with Gasteiger partial charge in [-0.3, -0.25) is 14.9 Å². The summed E-state index contributed by atoms with van der Waals surface area (Å²) in [7, 11) is 1.22. The van der Waals surface area contributed by atoms with Crippen molar-refractivity contribution >= 4 is 34.6 Å². The number of phenolic OH excluding ortho intramolecular Hbond substituents is 1. The number of ether oxygens (including phenoxy) is 1. The molecule has 0 saturated carbocycles. The number of allylic oxidation sites excluding steroid dienone is 1. The third-order valence-electron chi connectivity index (χ3n) is 4.66. The zero-order chi connectivity index (χ0) is 22.0. The van der Waals surface area contributed by atoms with Crippen LogP contribution in [-0.4, -0.2) is 28.2 Å². The number of rotatable bonds is 5. The van der Waals surface area contributed by atoms with Gasteiger partial charge in [0.15, 0.2) is 10.9 Å². The number of hydrogen-bond donors (Lipinski definition) is 4. The number of carbonyl (C=O) groups excluding carboxylic acids is 1. The molecule has 10 heteroatoms. The van der Waals surface area contributed by atoms with Gasteiger partial charge in [-0.15, -0.1) is 0 Å². The van der Waals surface area contributed by atoms with Crippen molar-refractivity contribution in [1.82, 2.24) is 10.6 Å². The van der Waals surface area contributed by atoms with Gasteiger partial charge in [0.05, 0.1) is 29.2 Å². The molecule has 9 nitrogen and oxygen atoms in total. The van der Waals surface area contributed by atoms with Gasteiger partial charge in [-0.1, -0.05) is 17.7 Å². The molecule has 1 amide bonds. The number of anilines is 1. The molecule has 4 N–H and O–H groups in total. The Labute approximate surface area is 177 Å². The minimum atomic E-state index is -0.931. The van der Waals surface area contributed by atoms with E-state index < -0.39 is 22.6 Å². The molecule has 0 bridgehead atoms. The van der Waals surface area contributed by atoms with Crippen LogP contribution in [-0.2, 0) is 4.79 Å². The predicted octanol–water partition coefficient (Wildman–Crippen LogP) is 3.05. The summed E-state index contributed by atoms with van der Waals surface area (Å²) in [5.74, 6) is -1.12. The van der Waals surface area contributed by atoms with E-state index in [1.807, 2.05) is 19.1 Å². The average Bonchev–Trinajstić information content (AvgIpc) is 2.68. The Morgan fingerprint density at radius 2 is 1.90 bits per heavy atom. The van der Waals surface area contributed by atoms with Crippen LogP contribution in [0.25, 0.3) is 0 Å². The van der Waals surface area contributed by atoms with Crippen LogP contribution in [0, 0.1) is 17.0 Å². The zero-order valence-electron chi connectivity index (χ0n) is 16.5. The van der Waals surface area contributed by atoms with Crippen molar-refractivity contribution < 1.29 is 19.6 Å². The summed E-state index contributed by atoms with van der Waals surface area (Å²) in [6.07, 6.45) is 0. The third-order valence-corrected chi connectivity index (χ3v) is 4.88. The summed E-state index contributed by atoms with van der Waals surface area (Å²) in [4.78, 5) is 24.2. The predicted molar refractivity (Wildman–Crippen MR) is 115 cm³/mol. The molecule has 3 rings (SSSR count). The Morgan fingerprint density at radius 3 is 2.50 bits per heavy atom. The number of nitro benzene ring substituents is 1. The molecule has 0 radical (unpaired) electrons. The lowest BCUT2D eigenvalue weighted by molar-refractivity contribution is -0.386. The molecule has 0 saturated heterocycles. The topological polar surface area (TPSA) is 126 Å². The first-order valence-corrected chi connectivity index (χ1v) is 9.34. The van der Waals surface area contributed by atoms with Gasteiger partial charge in [0.1, 0.15) is 0 Å². The van der Waals surface area contributed by atoms with Crippen molar-refractivity contribution in [2.24, 2.45) is 0 Å². The standard InChI is InChI=1S/C20H20N4O5S/c1-10-4-6-12(7-5-10)22-19(26)15-11(2)21-20(30)23-16(15)13-8-9-14(25)18(29-3)17(13)24(27)28/h4-9,16,25H,1-3H3,(H,22,26)(H2,21,23,30)/t16-/m0/s1. The number of benzene rings is 2. The maximum Gasteiger partial charge on any atom is 0.320 e. The molecule has 0 fully saturated rings. The number of methoxy groups -OCH3 is 1. The third kappa shape index (κ3) is 4.03. The highest BCUT2D eigenvalue weighted by Gasteiger charge is 2.36. The van der Waals surface area contributed by atoms with Crippen molar-refractivity contribution in [3.8, 4) is 11.5 Å². The number of phenols is 1. The zero-order valence-corrected chi connectivity index (χ0v) is 17.3. The van der Waals surface area contributed by atoms with Crippen molar-refractivity contribution in [3.05, 3.63) is 68.9 Å². The van der Waals surface area contributed by atoms with E-state index in [2.05, 4.69) is 16.0 Å². The molecule has 0 spiro atoms. The number of aryl methyl sites for hydroxylation is 1. The summed E-state index contributed by atoms with van der Waals surface area (Å²) in [5.41, 5.74) is 1.98. The first-order valence-electron chi connectivity index (χ1n) is 8.93. The quantitative estimate of drug-likeness (QED) is 0.325. The van der Waals surface area contributed by atoms with Crippen LogP contribution >= 0.6 is 12.2 Å². The second kappa shape index (κ2) is 8.37. The highest BCUT2D eigenvalue weighted by molar-refractivity contribution is 7.80. The van der Waals surface area contributed by atoms with Crippen molar-refractivity contribution in [3.63, 3.8) is 0 Å². The summed E-state index contributed by atoms with van der Waals surface area (Å²) in [6.45, 7) is 3.59. The molecule has 2 aromatic carbocycles. The fourth-order valence-electron chi connectivity index (χ4n) is 3.26. The van der Waals surface area contributed by atoms with E-state index in [0.717, 1.165) is 5.56 Å². The van der Waals surface area contributed by atoms with Crippen LogP contribution in [0.15, 0.2) is 47.7 Å². The summed E-state index contributed by atoms with van der Waals surface area (Å²) < 4.78 is 5.04. The average molecular weight is 428 g/mol. The number of nitro groups is 1. The van der Waals surface area contributed by atoms with Crippen molar-refractivity contribution in [2.45, 2.75) is 19.9 Å². The monoisotopic (exact) mass is 428 g/mol. The SMILES string of the molecule is COc1c(O)ccc([C@@H]2NC(=S)NC(C)=C2C(=O)Nc2ccc(C)cc2)c1[N+](=O)[O-]. The van der Waals surface area contributed by atoms with Crippen LogP contribution < -0.4 is 20.7 Å². The van der Waals surface area contributed by atoms with Gasteiger partial charge < -0.3 is 25.8 Å². The van der Waals surface area contributed by atoms with Gasteiger partial charge in [-0.2, -0.15) is 0 Å². The lowest BCUT2D eigenvalue weighted by atomic mass is 9.93. The first kappa shape index (κ1) is 21.1. The summed E-state index contributed by atoms with van der Waals surface area (Å²) in [6, 6.07) is 8.95. The Balaban J connectivity index is 2.09. The Morgan fingerprint density at radius 1 is 1.23 bits per heavy atom. The molecule has 1 aliphatic heterocycles.